The zero-order chi connectivity index (χ0) is 33.1. The van der Waals surface area contributed by atoms with Crippen molar-refractivity contribution in [3.8, 4) is 0 Å². The van der Waals surface area contributed by atoms with Crippen LogP contribution in [0.1, 0.15) is 87.5 Å². The third-order valence-corrected chi connectivity index (χ3v) is 6.39. The molecular weight excluding hydrogens is 587 g/mol. The Kier molecular flexibility index (Phi) is 16.4. The molecule has 0 aromatic heterocycles. The van der Waals surface area contributed by atoms with Crippen molar-refractivity contribution >= 4 is 35.5 Å². The van der Waals surface area contributed by atoms with Gasteiger partial charge >= 0.3 is 18.2 Å². The van der Waals surface area contributed by atoms with Crippen LogP contribution in [0.3, 0.4) is 0 Å². The summed E-state index contributed by atoms with van der Waals surface area (Å²) in [5, 5.41) is 6.99. The number of ether oxygens (including phenoxy) is 1. The number of alkyl halides is 3. The summed E-state index contributed by atoms with van der Waals surface area (Å²) in [6.45, 7) is 11.5. The number of esters is 1. The molecule has 15 heteroatoms. The van der Waals surface area contributed by atoms with Crippen LogP contribution in [0.25, 0.3) is 0 Å². The minimum atomic E-state index is -4.64. The van der Waals surface area contributed by atoms with Gasteiger partial charge in [0.1, 0.15) is 18.6 Å². The summed E-state index contributed by atoms with van der Waals surface area (Å²) in [5.41, 5.74) is 4.08. The third-order valence-electron chi connectivity index (χ3n) is 6.39. The van der Waals surface area contributed by atoms with E-state index >= 15 is 0 Å². The molecule has 5 N–H and O–H groups in total. The van der Waals surface area contributed by atoms with Crippen molar-refractivity contribution in [1.29, 1.82) is 0 Å². The van der Waals surface area contributed by atoms with E-state index in [4.69, 9.17) is 10.5 Å². The van der Waals surface area contributed by atoms with Crippen molar-refractivity contribution in [3.05, 3.63) is 0 Å². The normalized spacial score (nSPS) is 17.7. The predicted octanol–water partition coefficient (Wildman–Crippen LogP) is 2.82. The van der Waals surface area contributed by atoms with Crippen LogP contribution in [0.4, 0.5) is 18.0 Å². The Hall–Kier alpha value is -3.39. The Morgan fingerprint density at radius 2 is 1.55 bits per heavy atom. The van der Waals surface area contributed by atoms with E-state index in [2.05, 4.69) is 36.7 Å². The quantitative estimate of drug-likeness (QED) is 0.188. The van der Waals surface area contributed by atoms with Gasteiger partial charge in [0.2, 0.25) is 17.6 Å². The number of halogens is 3. The summed E-state index contributed by atoms with van der Waals surface area (Å²) in [6, 6.07) is -4.93. The van der Waals surface area contributed by atoms with Crippen LogP contribution >= 0.6 is 0 Å². The van der Waals surface area contributed by atoms with E-state index in [9.17, 15) is 41.9 Å². The van der Waals surface area contributed by atoms with Crippen molar-refractivity contribution in [2.24, 2.45) is 23.0 Å². The highest BCUT2D eigenvalue weighted by Crippen LogP contribution is 2.29. The summed E-state index contributed by atoms with van der Waals surface area (Å²) in [6.07, 6.45) is -4.49. The molecule has 1 aliphatic heterocycles. The first-order valence-corrected chi connectivity index (χ1v) is 14.4. The summed E-state index contributed by atoms with van der Waals surface area (Å²) in [4.78, 5) is 75.2. The number of nitrogens with two attached hydrogens (primary N) is 1. The van der Waals surface area contributed by atoms with Crippen LogP contribution in [0.2, 0.25) is 0 Å². The fourth-order valence-electron chi connectivity index (χ4n) is 4.01. The van der Waals surface area contributed by atoms with Crippen LogP contribution in [-0.4, -0.2) is 84.4 Å². The molecule has 1 heterocycles. The minimum Gasteiger partial charge on any atom is -0.464 e. The SMILES string of the molecule is C.CC(C)(C)C(NC(=O)NCC(=O)OCC1CC1)C(=O)N1CCC[C@H]1C(=O)NC(CCC(F)(F)F)C(=O)C(N)=O.CC(C)C. The van der Waals surface area contributed by atoms with E-state index in [0.717, 1.165) is 18.8 Å². The maximum atomic E-state index is 13.5. The number of carbonyl (C=O) groups is 6. The molecule has 1 saturated carbocycles. The number of primary amides is 1. The molecule has 0 spiro atoms. The summed E-state index contributed by atoms with van der Waals surface area (Å²) >= 11 is 0. The lowest BCUT2D eigenvalue weighted by Crippen LogP contribution is -2.60. The molecule has 2 fully saturated rings. The summed E-state index contributed by atoms with van der Waals surface area (Å²) in [5.74, 6) is -3.88. The van der Waals surface area contributed by atoms with Crippen LogP contribution in [0, 0.1) is 17.3 Å². The van der Waals surface area contributed by atoms with Gasteiger partial charge in [0, 0.05) is 13.0 Å². The van der Waals surface area contributed by atoms with Gasteiger partial charge in [-0.05, 0) is 49.4 Å². The van der Waals surface area contributed by atoms with Gasteiger partial charge in [0.25, 0.3) is 5.91 Å². The number of nitrogens with zero attached hydrogens (tertiary/aromatic N) is 1. The fraction of sp³-hybridized carbons (Fsp3) is 0.793. The van der Waals surface area contributed by atoms with Gasteiger partial charge < -0.3 is 31.3 Å². The van der Waals surface area contributed by atoms with Gasteiger partial charge in [0.05, 0.1) is 12.6 Å². The number of likely N-dealkylation sites (tertiary alicyclic amines) is 1. The lowest BCUT2D eigenvalue weighted by atomic mass is 9.85. The molecule has 1 saturated heterocycles. The van der Waals surface area contributed by atoms with Crippen molar-refractivity contribution in [3.63, 3.8) is 0 Å². The molecular formula is C29H50F3N5O7. The first-order valence-electron chi connectivity index (χ1n) is 14.4. The summed E-state index contributed by atoms with van der Waals surface area (Å²) in [7, 11) is 0. The van der Waals surface area contributed by atoms with E-state index in [0.29, 0.717) is 12.3 Å². The van der Waals surface area contributed by atoms with Gasteiger partial charge in [-0.15, -0.1) is 0 Å². The van der Waals surface area contributed by atoms with E-state index < -0.39 is 84.6 Å². The number of hydrogen-bond acceptors (Lipinski definition) is 7. The molecule has 0 radical (unpaired) electrons. The molecule has 3 atom stereocenters. The lowest BCUT2D eigenvalue weighted by molar-refractivity contribution is -0.146. The predicted molar refractivity (Wildman–Crippen MR) is 157 cm³/mol. The van der Waals surface area contributed by atoms with E-state index in [1.807, 2.05) is 0 Å². The maximum Gasteiger partial charge on any atom is 0.389 e. The monoisotopic (exact) mass is 637 g/mol. The highest BCUT2D eigenvalue weighted by Gasteiger charge is 2.43. The standard InChI is InChI=1S/C24H36F3N5O7.C4H10.CH4/c1-23(2,3)18(31-22(38)29-11-16(33)39-12-13-6-7-13)21(37)32-10-4-5-15(32)20(36)30-14(17(34)19(28)35)8-9-24(25,26)27;1-4(2)3;/h13-15,18H,4-12H2,1-3H3,(H2,28,35)(H,30,36)(H2,29,31,38);4H,1-3H3;1H4/t14?,15-,18?;;/m0../s1. The number of hydrogen-bond donors (Lipinski definition) is 4. The van der Waals surface area contributed by atoms with Gasteiger partial charge in [-0.1, -0.05) is 49.0 Å². The number of ketones is 1. The van der Waals surface area contributed by atoms with Crippen molar-refractivity contribution in [2.45, 2.75) is 112 Å². The average Bonchev–Trinajstić information content (AvgIpc) is 3.57. The van der Waals surface area contributed by atoms with Gasteiger partial charge in [-0.3, -0.25) is 24.0 Å². The first kappa shape index (κ1) is 40.6. The number of Topliss-reactive ketones (excluding diaryl/α,β-unsaturated/α-hetero) is 1. The minimum absolute atomic E-state index is 0. The molecule has 5 amide bonds. The van der Waals surface area contributed by atoms with E-state index in [1.54, 1.807) is 20.8 Å². The molecule has 12 nitrogen and oxygen atoms in total. The molecule has 254 valence electrons. The molecule has 0 aromatic rings. The van der Waals surface area contributed by atoms with Gasteiger partial charge in [-0.2, -0.15) is 13.2 Å². The summed E-state index contributed by atoms with van der Waals surface area (Å²) < 4.78 is 43.2. The Bertz CT molecular complexity index is 1010. The molecule has 2 rings (SSSR count). The smallest absolute Gasteiger partial charge is 0.389 e. The second-order valence-electron chi connectivity index (χ2n) is 12.6. The Labute approximate surface area is 257 Å². The highest BCUT2D eigenvalue weighted by atomic mass is 19.4. The van der Waals surface area contributed by atoms with Gasteiger partial charge in [-0.25, -0.2) is 4.79 Å². The van der Waals surface area contributed by atoms with Crippen LogP contribution in [0.5, 0.6) is 0 Å². The Morgan fingerprint density at radius 3 is 2.02 bits per heavy atom. The Balaban J connectivity index is 0.00000347. The number of nitrogens with one attached hydrogen (secondary N) is 3. The second-order valence-corrected chi connectivity index (χ2v) is 12.6. The van der Waals surface area contributed by atoms with Crippen LogP contribution < -0.4 is 21.7 Å². The molecule has 1 aliphatic carbocycles. The topological polar surface area (TPSA) is 177 Å². The highest BCUT2D eigenvalue weighted by molar-refractivity contribution is 6.37. The molecule has 44 heavy (non-hydrogen) atoms. The molecule has 0 aromatic carbocycles. The number of amides is 5. The fourth-order valence-corrected chi connectivity index (χ4v) is 4.01. The maximum absolute atomic E-state index is 13.5. The molecule has 2 aliphatic rings. The molecule has 2 unspecified atom stereocenters. The number of carbonyl (C=O) groups excluding carboxylic acids is 6. The van der Waals surface area contributed by atoms with Gasteiger partial charge in [0.15, 0.2) is 0 Å². The largest absolute Gasteiger partial charge is 0.464 e. The van der Waals surface area contributed by atoms with E-state index in [1.165, 1.54) is 4.90 Å². The molecule has 0 bridgehead atoms. The number of rotatable bonds is 12. The number of urea groups is 1. The average molecular weight is 638 g/mol. The van der Waals surface area contributed by atoms with Crippen molar-refractivity contribution in [1.82, 2.24) is 20.9 Å². The van der Waals surface area contributed by atoms with Crippen LogP contribution in [-0.2, 0) is 28.7 Å². The first-order chi connectivity index (χ1) is 19.7. The van der Waals surface area contributed by atoms with Crippen molar-refractivity contribution < 1.29 is 46.7 Å². The second kappa shape index (κ2) is 17.8. The lowest BCUT2D eigenvalue weighted by Gasteiger charge is -2.35. The zero-order valence-electron chi connectivity index (χ0n) is 25.8. The Morgan fingerprint density at radius 1 is 0.977 bits per heavy atom. The van der Waals surface area contributed by atoms with Crippen molar-refractivity contribution in [2.75, 3.05) is 19.7 Å². The van der Waals surface area contributed by atoms with E-state index in [-0.39, 0.29) is 27.0 Å². The van der Waals surface area contributed by atoms with Crippen LogP contribution in [0.15, 0.2) is 0 Å². The third kappa shape index (κ3) is 15.4. The zero-order valence-corrected chi connectivity index (χ0v) is 25.8.